The Morgan fingerprint density at radius 1 is 1.19 bits per heavy atom. The molecule has 2 aromatic rings. The maximum atomic E-state index is 12.6. The van der Waals surface area contributed by atoms with Gasteiger partial charge < -0.3 is 25.3 Å². The number of amides is 1. The van der Waals surface area contributed by atoms with Gasteiger partial charge in [0.05, 0.1) is 18.0 Å². The number of ether oxygens (including phenoxy) is 3. The number of anilines is 2. The summed E-state index contributed by atoms with van der Waals surface area (Å²) in [4.78, 5) is 14.8. The minimum Gasteiger partial charge on any atom is -0.454 e. The molecule has 3 N–H and O–H groups in total. The van der Waals surface area contributed by atoms with E-state index in [0.717, 1.165) is 13.1 Å². The smallest absolute Gasteiger partial charge is 0.254 e. The number of morpholine rings is 1. The van der Waals surface area contributed by atoms with Crippen molar-refractivity contribution in [3.05, 3.63) is 48.0 Å². The fraction of sp³-hybridized carbons (Fsp3) is 0.316. The maximum absolute atomic E-state index is 12.6. The van der Waals surface area contributed by atoms with Crippen LogP contribution in [0.25, 0.3) is 0 Å². The van der Waals surface area contributed by atoms with Gasteiger partial charge in [-0.15, -0.1) is 0 Å². The minimum atomic E-state index is -0.544. The number of hydrogen-bond acceptors (Lipinski definition) is 6. The van der Waals surface area contributed by atoms with Crippen molar-refractivity contribution in [2.75, 3.05) is 37.5 Å². The van der Waals surface area contributed by atoms with Gasteiger partial charge in [-0.25, -0.2) is 0 Å². The van der Waals surface area contributed by atoms with Crippen LogP contribution in [0.3, 0.4) is 0 Å². The molecule has 1 fully saturated rings. The summed E-state index contributed by atoms with van der Waals surface area (Å²) < 4.78 is 16.3. The topological polar surface area (TPSA) is 86.1 Å². The molecule has 0 spiro atoms. The summed E-state index contributed by atoms with van der Waals surface area (Å²) in [7, 11) is 0. The highest BCUT2D eigenvalue weighted by Gasteiger charge is 2.27. The summed E-state index contributed by atoms with van der Waals surface area (Å²) in [5, 5.41) is 2.84. The Bertz CT molecular complexity index is 797. The third-order valence-corrected chi connectivity index (χ3v) is 4.49. The summed E-state index contributed by atoms with van der Waals surface area (Å²) in [6.07, 6.45) is -0.544. The van der Waals surface area contributed by atoms with E-state index in [4.69, 9.17) is 19.9 Å². The number of carbonyl (C=O) groups is 1. The fourth-order valence-electron chi connectivity index (χ4n) is 3.13. The number of hydrogen-bond donors (Lipinski definition) is 2. The van der Waals surface area contributed by atoms with Gasteiger partial charge in [-0.2, -0.15) is 0 Å². The number of nitrogens with two attached hydrogens (primary N) is 1. The molecular weight excluding hydrogens is 334 g/mol. The SMILES string of the molecule is Nc1cc2c(cc1NC(=O)C1CN(Cc3ccccc3)CCO1)OCO2. The van der Waals surface area contributed by atoms with E-state index < -0.39 is 6.10 Å². The van der Waals surface area contributed by atoms with Gasteiger partial charge in [0, 0.05) is 31.8 Å². The lowest BCUT2D eigenvalue weighted by molar-refractivity contribution is -0.133. The maximum Gasteiger partial charge on any atom is 0.254 e. The van der Waals surface area contributed by atoms with Gasteiger partial charge in [0.1, 0.15) is 6.10 Å². The first-order valence-electron chi connectivity index (χ1n) is 8.57. The summed E-state index contributed by atoms with van der Waals surface area (Å²) >= 11 is 0. The largest absolute Gasteiger partial charge is 0.454 e. The first-order chi connectivity index (χ1) is 12.7. The molecule has 0 saturated carbocycles. The van der Waals surface area contributed by atoms with E-state index in [0.29, 0.717) is 36.0 Å². The van der Waals surface area contributed by atoms with Crippen molar-refractivity contribution in [2.24, 2.45) is 0 Å². The van der Waals surface area contributed by atoms with Crippen molar-refractivity contribution in [1.82, 2.24) is 4.90 Å². The van der Waals surface area contributed by atoms with Crippen molar-refractivity contribution < 1.29 is 19.0 Å². The monoisotopic (exact) mass is 355 g/mol. The molecule has 4 rings (SSSR count). The lowest BCUT2D eigenvalue weighted by Gasteiger charge is -2.32. The van der Waals surface area contributed by atoms with Crippen molar-refractivity contribution in [3.8, 4) is 11.5 Å². The predicted molar refractivity (Wildman–Crippen MR) is 97.1 cm³/mol. The molecule has 136 valence electrons. The highest BCUT2D eigenvalue weighted by Crippen LogP contribution is 2.38. The molecule has 1 unspecified atom stereocenters. The van der Waals surface area contributed by atoms with E-state index >= 15 is 0 Å². The van der Waals surface area contributed by atoms with Crippen LogP contribution in [0.1, 0.15) is 5.56 Å². The molecule has 1 amide bonds. The molecule has 2 aliphatic heterocycles. The fourth-order valence-corrected chi connectivity index (χ4v) is 3.13. The molecule has 0 radical (unpaired) electrons. The Balaban J connectivity index is 1.40. The average Bonchev–Trinajstić information content (AvgIpc) is 3.10. The number of nitrogen functional groups attached to an aromatic ring is 1. The summed E-state index contributed by atoms with van der Waals surface area (Å²) in [5.74, 6) is 0.946. The Morgan fingerprint density at radius 2 is 1.96 bits per heavy atom. The van der Waals surface area contributed by atoms with Crippen LogP contribution in [-0.4, -0.2) is 43.4 Å². The molecule has 1 atom stereocenters. The van der Waals surface area contributed by atoms with Crippen LogP contribution in [0, 0.1) is 0 Å². The Labute approximate surface area is 151 Å². The third-order valence-electron chi connectivity index (χ3n) is 4.49. The van der Waals surface area contributed by atoms with Gasteiger partial charge in [0.15, 0.2) is 11.5 Å². The van der Waals surface area contributed by atoms with E-state index in [-0.39, 0.29) is 12.7 Å². The Kier molecular flexibility index (Phi) is 4.64. The van der Waals surface area contributed by atoms with Gasteiger partial charge >= 0.3 is 0 Å². The number of nitrogens with zero attached hydrogens (tertiary/aromatic N) is 1. The van der Waals surface area contributed by atoms with Crippen LogP contribution >= 0.6 is 0 Å². The van der Waals surface area contributed by atoms with Gasteiger partial charge in [-0.3, -0.25) is 9.69 Å². The molecule has 0 aromatic heterocycles. The zero-order chi connectivity index (χ0) is 17.9. The molecule has 2 aliphatic rings. The van der Waals surface area contributed by atoms with Crippen LogP contribution in [-0.2, 0) is 16.1 Å². The quantitative estimate of drug-likeness (QED) is 0.814. The Morgan fingerprint density at radius 3 is 2.77 bits per heavy atom. The standard InChI is InChI=1S/C19H21N3O4/c20-14-8-16-17(26-12-25-16)9-15(14)21-19(23)18-11-22(6-7-24-18)10-13-4-2-1-3-5-13/h1-5,8-9,18H,6-7,10-12,20H2,(H,21,23). The third kappa shape index (κ3) is 3.58. The second kappa shape index (κ2) is 7.23. The minimum absolute atomic E-state index is 0.159. The highest BCUT2D eigenvalue weighted by atomic mass is 16.7. The van der Waals surface area contributed by atoms with Crippen molar-refractivity contribution >= 4 is 17.3 Å². The van der Waals surface area contributed by atoms with Crippen molar-refractivity contribution in [1.29, 1.82) is 0 Å². The number of benzene rings is 2. The van der Waals surface area contributed by atoms with E-state index in [1.807, 2.05) is 18.2 Å². The summed E-state index contributed by atoms with van der Waals surface area (Å²) in [5.41, 5.74) is 8.15. The predicted octanol–water partition coefficient (Wildman–Crippen LogP) is 1.84. The van der Waals surface area contributed by atoms with Crippen LogP contribution in [0.5, 0.6) is 11.5 Å². The molecule has 26 heavy (non-hydrogen) atoms. The van der Waals surface area contributed by atoms with Crippen LogP contribution in [0.2, 0.25) is 0 Å². The Hall–Kier alpha value is -2.77. The normalized spacial score (nSPS) is 19.3. The number of fused-ring (bicyclic) bond motifs is 1. The van der Waals surface area contributed by atoms with Crippen molar-refractivity contribution in [3.63, 3.8) is 0 Å². The number of nitrogens with one attached hydrogen (secondary N) is 1. The molecule has 2 aromatic carbocycles. The van der Waals surface area contributed by atoms with E-state index in [2.05, 4.69) is 22.3 Å². The van der Waals surface area contributed by atoms with E-state index in [1.54, 1.807) is 12.1 Å². The lowest BCUT2D eigenvalue weighted by atomic mass is 10.1. The van der Waals surface area contributed by atoms with Gasteiger partial charge in [-0.1, -0.05) is 30.3 Å². The molecule has 1 saturated heterocycles. The van der Waals surface area contributed by atoms with Gasteiger partial charge in [0.2, 0.25) is 6.79 Å². The lowest BCUT2D eigenvalue weighted by Crippen LogP contribution is -2.47. The first kappa shape index (κ1) is 16.7. The summed E-state index contributed by atoms with van der Waals surface area (Å²) in [6.45, 7) is 2.80. The van der Waals surface area contributed by atoms with Gasteiger partial charge in [-0.05, 0) is 5.56 Å². The van der Waals surface area contributed by atoms with Crippen molar-refractivity contribution in [2.45, 2.75) is 12.6 Å². The number of carbonyl (C=O) groups excluding carboxylic acids is 1. The zero-order valence-electron chi connectivity index (χ0n) is 14.3. The molecule has 7 heteroatoms. The molecule has 0 aliphatic carbocycles. The average molecular weight is 355 g/mol. The van der Waals surface area contributed by atoms with Crippen LogP contribution in [0.15, 0.2) is 42.5 Å². The molecule has 2 heterocycles. The van der Waals surface area contributed by atoms with Gasteiger partial charge in [0.25, 0.3) is 5.91 Å². The zero-order valence-corrected chi connectivity index (χ0v) is 14.3. The second-order valence-corrected chi connectivity index (χ2v) is 6.36. The van der Waals surface area contributed by atoms with E-state index in [1.165, 1.54) is 5.56 Å². The van der Waals surface area contributed by atoms with E-state index in [9.17, 15) is 4.79 Å². The molecular formula is C19H21N3O4. The van der Waals surface area contributed by atoms with Crippen LogP contribution in [0.4, 0.5) is 11.4 Å². The second-order valence-electron chi connectivity index (χ2n) is 6.36. The molecule has 0 bridgehead atoms. The summed E-state index contributed by atoms with van der Waals surface area (Å²) in [6, 6.07) is 13.5. The van der Waals surface area contributed by atoms with Crippen LogP contribution < -0.4 is 20.5 Å². The first-order valence-corrected chi connectivity index (χ1v) is 8.57. The number of rotatable bonds is 4. The highest BCUT2D eigenvalue weighted by molar-refractivity contribution is 5.97. The molecule has 7 nitrogen and oxygen atoms in total.